The molecule has 0 unspecified atom stereocenters. The fourth-order valence-electron chi connectivity index (χ4n) is 1.82. The molecule has 0 aliphatic heterocycles. The molecule has 0 saturated carbocycles. The molecule has 102 valence electrons. The van der Waals surface area contributed by atoms with Crippen LogP contribution in [0.4, 0.5) is 0 Å². The van der Waals surface area contributed by atoms with Crippen molar-refractivity contribution in [2.45, 2.75) is 39.2 Å². The topological polar surface area (TPSA) is 21.3 Å². The maximum atomic E-state index is 5.29. The van der Waals surface area contributed by atoms with Gasteiger partial charge in [-0.3, -0.25) is 0 Å². The second-order valence-electron chi connectivity index (χ2n) is 4.33. The smallest absolute Gasteiger partial charge is 0.147 e. The van der Waals surface area contributed by atoms with Crippen LogP contribution in [0.2, 0.25) is 0 Å². The van der Waals surface area contributed by atoms with Gasteiger partial charge in [-0.2, -0.15) is 0 Å². The van der Waals surface area contributed by atoms with Crippen LogP contribution in [-0.4, -0.2) is 13.7 Å². The standard InChI is InChI=1S/C14H21Br2NO/c1-3-4-5-6-7-17-10-11-8-12(15)14(18-2)13(16)9-11/h8-9,17H,3-7,10H2,1-2H3. The monoisotopic (exact) mass is 377 g/mol. The van der Waals surface area contributed by atoms with E-state index in [4.69, 9.17) is 4.74 Å². The zero-order valence-electron chi connectivity index (χ0n) is 11.1. The Balaban J connectivity index is 2.39. The molecule has 18 heavy (non-hydrogen) atoms. The molecule has 1 aromatic rings. The first-order valence-corrected chi connectivity index (χ1v) is 8.00. The number of hydrogen-bond acceptors (Lipinski definition) is 2. The number of unbranched alkanes of at least 4 members (excludes halogenated alkanes) is 3. The first kappa shape index (κ1) is 16.0. The zero-order valence-corrected chi connectivity index (χ0v) is 14.2. The highest BCUT2D eigenvalue weighted by Crippen LogP contribution is 2.34. The third-order valence-electron chi connectivity index (χ3n) is 2.80. The quantitative estimate of drug-likeness (QED) is 0.650. The van der Waals surface area contributed by atoms with Crippen molar-refractivity contribution in [3.8, 4) is 5.75 Å². The van der Waals surface area contributed by atoms with Gasteiger partial charge < -0.3 is 10.1 Å². The Bertz CT molecular complexity index is 346. The summed E-state index contributed by atoms with van der Waals surface area (Å²) in [5.41, 5.74) is 1.25. The Labute approximate surface area is 127 Å². The van der Waals surface area contributed by atoms with Gasteiger partial charge in [-0.15, -0.1) is 0 Å². The number of ether oxygens (including phenoxy) is 1. The van der Waals surface area contributed by atoms with E-state index >= 15 is 0 Å². The minimum atomic E-state index is 0.849. The van der Waals surface area contributed by atoms with Crippen LogP contribution in [0.15, 0.2) is 21.1 Å². The largest absolute Gasteiger partial charge is 0.494 e. The van der Waals surface area contributed by atoms with Gasteiger partial charge in [-0.1, -0.05) is 26.2 Å². The van der Waals surface area contributed by atoms with Gasteiger partial charge in [0.1, 0.15) is 5.75 Å². The van der Waals surface area contributed by atoms with Crippen molar-refractivity contribution >= 4 is 31.9 Å². The molecule has 0 aliphatic carbocycles. The van der Waals surface area contributed by atoms with Gasteiger partial charge in [0, 0.05) is 6.54 Å². The average Bonchev–Trinajstić information content (AvgIpc) is 2.33. The minimum Gasteiger partial charge on any atom is -0.494 e. The van der Waals surface area contributed by atoms with E-state index in [2.05, 4.69) is 56.2 Å². The van der Waals surface area contributed by atoms with Crippen LogP contribution in [0.5, 0.6) is 5.75 Å². The molecular weight excluding hydrogens is 358 g/mol. The lowest BCUT2D eigenvalue weighted by molar-refractivity contribution is 0.409. The van der Waals surface area contributed by atoms with Crippen molar-refractivity contribution in [1.82, 2.24) is 5.32 Å². The first-order chi connectivity index (χ1) is 8.69. The van der Waals surface area contributed by atoms with E-state index in [1.54, 1.807) is 7.11 Å². The fourth-order valence-corrected chi connectivity index (χ4v) is 3.42. The molecule has 0 amide bonds. The van der Waals surface area contributed by atoms with Gasteiger partial charge in [-0.25, -0.2) is 0 Å². The van der Waals surface area contributed by atoms with Gasteiger partial charge >= 0.3 is 0 Å². The lowest BCUT2D eigenvalue weighted by atomic mass is 10.2. The maximum absolute atomic E-state index is 5.29. The normalized spacial score (nSPS) is 10.7. The van der Waals surface area contributed by atoms with Crippen LogP contribution in [0.3, 0.4) is 0 Å². The molecule has 0 saturated heterocycles. The SMILES string of the molecule is CCCCCCNCc1cc(Br)c(OC)c(Br)c1. The predicted octanol–water partition coefficient (Wildman–Crippen LogP) is 4.89. The molecule has 1 aromatic carbocycles. The van der Waals surface area contributed by atoms with E-state index in [0.29, 0.717) is 0 Å². The number of methoxy groups -OCH3 is 1. The summed E-state index contributed by atoms with van der Waals surface area (Å²) in [5, 5.41) is 3.47. The number of hydrogen-bond donors (Lipinski definition) is 1. The molecular formula is C14H21Br2NO. The van der Waals surface area contributed by atoms with Crippen molar-refractivity contribution in [1.29, 1.82) is 0 Å². The van der Waals surface area contributed by atoms with E-state index in [-0.39, 0.29) is 0 Å². The molecule has 0 fully saturated rings. The summed E-state index contributed by atoms with van der Waals surface area (Å²) >= 11 is 7.04. The van der Waals surface area contributed by atoms with E-state index in [1.807, 2.05) is 0 Å². The van der Waals surface area contributed by atoms with Gasteiger partial charge in [0.25, 0.3) is 0 Å². The Hall–Kier alpha value is -0.0600. The van der Waals surface area contributed by atoms with Gasteiger partial charge in [0.05, 0.1) is 16.1 Å². The van der Waals surface area contributed by atoms with Crippen LogP contribution in [0.25, 0.3) is 0 Å². The molecule has 1 N–H and O–H groups in total. The average molecular weight is 379 g/mol. The summed E-state index contributed by atoms with van der Waals surface area (Å²) in [4.78, 5) is 0. The summed E-state index contributed by atoms with van der Waals surface area (Å²) in [6.07, 6.45) is 5.20. The molecule has 0 aliphatic rings. The van der Waals surface area contributed by atoms with Crippen LogP contribution < -0.4 is 10.1 Å². The molecule has 0 bridgehead atoms. The Morgan fingerprint density at radius 2 is 1.78 bits per heavy atom. The minimum absolute atomic E-state index is 0.849. The molecule has 0 radical (unpaired) electrons. The molecule has 0 heterocycles. The third kappa shape index (κ3) is 5.29. The molecule has 0 atom stereocenters. The van der Waals surface area contributed by atoms with E-state index in [9.17, 15) is 0 Å². The van der Waals surface area contributed by atoms with Crippen LogP contribution in [0.1, 0.15) is 38.2 Å². The number of rotatable bonds is 8. The summed E-state index contributed by atoms with van der Waals surface area (Å²) in [5.74, 6) is 0.849. The van der Waals surface area contributed by atoms with Crippen molar-refractivity contribution in [2.24, 2.45) is 0 Å². The van der Waals surface area contributed by atoms with Crippen molar-refractivity contribution in [3.63, 3.8) is 0 Å². The van der Waals surface area contributed by atoms with E-state index in [0.717, 1.165) is 27.8 Å². The summed E-state index contributed by atoms with van der Waals surface area (Å²) in [6.45, 7) is 4.22. The van der Waals surface area contributed by atoms with E-state index < -0.39 is 0 Å². The Kier molecular flexibility index (Phi) is 7.95. The number of nitrogens with one attached hydrogen (secondary N) is 1. The highest BCUT2D eigenvalue weighted by molar-refractivity contribution is 9.11. The zero-order chi connectivity index (χ0) is 13.4. The highest BCUT2D eigenvalue weighted by atomic mass is 79.9. The predicted molar refractivity (Wildman–Crippen MR) is 84.2 cm³/mol. The second kappa shape index (κ2) is 8.94. The van der Waals surface area contributed by atoms with Gasteiger partial charge in [0.2, 0.25) is 0 Å². The van der Waals surface area contributed by atoms with Crippen LogP contribution in [0, 0.1) is 0 Å². The second-order valence-corrected chi connectivity index (χ2v) is 6.04. The van der Waals surface area contributed by atoms with Gasteiger partial charge in [-0.05, 0) is 62.5 Å². The lowest BCUT2D eigenvalue weighted by Crippen LogP contribution is -2.14. The Morgan fingerprint density at radius 3 is 2.33 bits per heavy atom. The van der Waals surface area contributed by atoms with Crippen molar-refractivity contribution in [3.05, 3.63) is 26.6 Å². The first-order valence-electron chi connectivity index (χ1n) is 6.41. The van der Waals surface area contributed by atoms with E-state index in [1.165, 1.54) is 31.2 Å². The van der Waals surface area contributed by atoms with Crippen LogP contribution in [-0.2, 0) is 6.54 Å². The lowest BCUT2D eigenvalue weighted by Gasteiger charge is -2.10. The molecule has 2 nitrogen and oxygen atoms in total. The third-order valence-corrected chi connectivity index (χ3v) is 3.98. The summed E-state index contributed by atoms with van der Waals surface area (Å²) < 4.78 is 7.26. The molecule has 4 heteroatoms. The Morgan fingerprint density at radius 1 is 1.11 bits per heavy atom. The summed E-state index contributed by atoms with van der Waals surface area (Å²) in [7, 11) is 1.68. The molecule has 0 spiro atoms. The number of benzene rings is 1. The van der Waals surface area contributed by atoms with Gasteiger partial charge in [0.15, 0.2) is 0 Å². The summed E-state index contributed by atoms with van der Waals surface area (Å²) in [6, 6.07) is 4.20. The fraction of sp³-hybridized carbons (Fsp3) is 0.571. The van der Waals surface area contributed by atoms with Crippen LogP contribution >= 0.6 is 31.9 Å². The molecule has 1 rings (SSSR count). The van der Waals surface area contributed by atoms with Crippen molar-refractivity contribution < 1.29 is 4.74 Å². The highest BCUT2D eigenvalue weighted by Gasteiger charge is 2.07. The molecule has 0 aromatic heterocycles. The number of halogens is 2. The maximum Gasteiger partial charge on any atom is 0.147 e. The van der Waals surface area contributed by atoms with Crippen molar-refractivity contribution in [2.75, 3.05) is 13.7 Å².